The molecular formula is C13H14F5N3OS. The van der Waals surface area contributed by atoms with E-state index in [0.29, 0.717) is 0 Å². The summed E-state index contributed by atoms with van der Waals surface area (Å²) in [6.07, 6.45) is -1.27. The molecule has 0 unspecified atom stereocenters. The van der Waals surface area contributed by atoms with Gasteiger partial charge in [-0.15, -0.1) is 0 Å². The Balaban J connectivity index is 2.04. The van der Waals surface area contributed by atoms with Gasteiger partial charge < -0.3 is 4.90 Å². The molecule has 0 N–H and O–H groups in total. The number of aromatic nitrogens is 1. The number of carbonyl (C=O) groups excluding carboxylic acids is 1. The SMILES string of the molecule is O=C(c1cccnc1SC(F)(F)F)N1CCN(CC(F)F)CC1. The zero-order valence-corrected chi connectivity index (χ0v) is 12.7. The van der Waals surface area contributed by atoms with E-state index in [1.165, 1.54) is 28.1 Å². The van der Waals surface area contributed by atoms with Crippen LogP contribution >= 0.6 is 11.8 Å². The molecule has 1 aliphatic heterocycles. The van der Waals surface area contributed by atoms with Gasteiger partial charge in [0.05, 0.1) is 12.1 Å². The quantitative estimate of drug-likeness (QED) is 0.615. The first-order chi connectivity index (χ1) is 10.8. The zero-order valence-electron chi connectivity index (χ0n) is 11.9. The van der Waals surface area contributed by atoms with Crippen LogP contribution in [-0.2, 0) is 0 Å². The van der Waals surface area contributed by atoms with Gasteiger partial charge in [0.1, 0.15) is 5.03 Å². The Labute approximate surface area is 133 Å². The van der Waals surface area contributed by atoms with Crippen molar-refractivity contribution >= 4 is 17.7 Å². The Morgan fingerprint density at radius 1 is 1.26 bits per heavy atom. The molecule has 1 aromatic heterocycles. The number of piperazine rings is 1. The molecule has 0 spiro atoms. The van der Waals surface area contributed by atoms with E-state index in [9.17, 15) is 26.7 Å². The van der Waals surface area contributed by atoms with Crippen molar-refractivity contribution in [2.24, 2.45) is 0 Å². The predicted molar refractivity (Wildman–Crippen MR) is 74.5 cm³/mol. The van der Waals surface area contributed by atoms with E-state index in [4.69, 9.17) is 0 Å². The molecule has 2 rings (SSSR count). The summed E-state index contributed by atoms with van der Waals surface area (Å²) < 4.78 is 62.2. The molecule has 1 fully saturated rings. The van der Waals surface area contributed by atoms with Gasteiger partial charge in [0.15, 0.2) is 0 Å². The van der Waals surface area contributed by atoms with Crippen LogP contribution in [0.4, 0.5) is 22.0 Å². The Bertz CT molecular complexity index is 547. The van der Waals surface area contributed by atoms with Crippen LogP contribution in [0.2, 0.25) is 0 Å². The minimum atomic E-state index is -4.54. The summed E-state index contributed by atoms with van der Waals surface area (Å²) in [6.45, 7) is 0.535. The van der Waals surface area contributed by atoms with Crippen molar-refractivity contribution in [1.29, 1.82) is 0 Å². The van der Waals surface area contributed by atoms with Gasteiger partial charge in [0, 0.05) is 44.1 Å². The number of thioether (sulfide) groups is 1. The molecule has 1 aromatic rings. The normalized spacial score (nSPS) is 16.9. The average molecular weight is 355 g/mol. The summed E-state index contributed by atoms with van der Waals surface area (Å²) in [5, 5.41) is -0.403. The maximum absolute atomic E-state index is 12.5. The molecule has 1 aliphatic rings. The molecule has 0 atom stereocenters. The second-order valence-corrected chi connectivity index (χ2v) is 5.94. The van der Waals surface area contributed by atoms with E-state index in [2.05, 4.69) is 4.98 Å². The number of carbonyl (C=O) groups is 1. The molecule has 128 valence electrons. The van der Waals surface area contributed by atoms with Crippen LogP contribution in [0, 0.1) is 0 Å². The summed E-state index contributed by atoms with van der Waals surface area (Å²) in [5.41, 5.74) is -4.67. The van der Waals surface area contributed by atoms with Crippen molar-refractivity contribution in [1.82, 2.24) is 14.8 Å². The Morgan fingerprint density at radius 3 is 2.48 bits per heavy atom. The maximum atomic E-state index is 12.5. The summed E-state index contributed by atoms with van der Waals surface area (Å²) in [5.74, 6) is -0.568. The fraction of sp³-hybridized carbons (Fsp3) is 0.538. The van der Waals surface area contributed by atoms with Crippen molar-refractivity contribution in [3.8, 4) is 0 Å². The first kappa shape index (κ1) is 17.9. The minimum absolute atomic E-state index is 0.128. The second kappa shape index (κ2) is 7.43. The summed E-state index contributed by atoms with van der Waals surface area (Å²) in [4.78, 5) is 18.9. The number of pyridine rings is 1. The lowest BCUT2D eigenvalue weighted by Gasteiger charge is -2.34. The molecule has 1 amide bonds. The zero-order chi connectivity index (χ0) is 17.0. The minimum Gasteiger partial charge on any atom is -0.336 e. The van der Waals surface area contributed by atoms with Crippen molar-refractivity contribution in [2.45, 2.75) is 17.0 Å². The van der Waals surface area contributed by atoms with Gasteiger partial charge in [-0.25, -0.2) is 13.8 Å². The lowest BCUT2D eigenvalue weighted by atomic mass is 10.2. The van der Waals surface area contributed by atoms with Crippen LogP contribution in [0.1, 0.15) is 10.4 Å². The highest BCUT2D eigenvalue weighted by Crippen LogP contribution is 2.37. The first-order valence-corrected chi connectivity index (χ1v) is 7.58. The van der Waals surface area contributed by atoms with Gasteiger partial charge in [-0.3, -0.25) is 9.69 Å². The van der Waals surface area contributed by atoms with E-state index in [0.717, 1.165) is 0 Å². The van der Waals surface area contributed by atoms with Crippen molar-refractivity contribution < 1.29 is 26.7 Å². The van der Waals surface area contributed by atoms with Gasteiger partial charge in [-0.1, -0.05) is 0 Å². The summed E-state index contributed by atoms with van der Waals surface area (Å²) in [6, 6.07) is 2.68. The molecule has 0 saturated carbocycles. The Kier molecular flexibility index (Phi) is 5.79. The van der Waals surface area contributed by atoms with Gasteiger partial charge in [-0.05, 0) is 12.1 Å². The van der Waals surface area contributed by atoms with Crippen LogP contribution in [0.5, 0.6) is 0 Å². The van der Waals surface area contributed by atoms with E-state index in [1.54, 1.807) is 0 Å². The number of nitrogens with zero attached hydrogens (tertiary/aromatic N) is 3. The van der Waals surface area contributed by atoms with Gasteiger partial charge in [0.2, 0.25) is 0 Å². The van der Waals surface area contributed by atoms with Crippen LogP contribution in [0.15, 0.2) is 23.4 Å². The van der Waals surface area contributed by atoms with Crippen molar-refractivity contribution in [2.75, 3.05) is 32.7 Å². The number of amides is 1. The largest absolute Gasteiger partial charge is 0.447 e. The average Bonchev–Trinajstić information content (AvgIpc) is 2.45. The molecule has 10 heteroatoms. The van der Waals surface area contributed by atoms with Crippen LogP contribution < -0.4 is 0 Å². The summed E-state index contributed by atoms with van der Waals surface area (Å²) in [7, 11) is 0. The lowest BCUT2D eigenvalue weighted by molar-refractivity contribution is -0.0329. The number of hydrogen-bond donors (Lipinski definition) is 0. The van der Waals surface area contributed by atoms with Crippen LogP contribution in [0.25, 0.3) is 0 Å². The van der Waals surface area contributed by atoms with Gasteiger partial charge >= 0.3 is 5.51 Å². The van der Waals surface area contributed by atoms with Crippen LogP contribution in [0.3, 0.4) is 0 Å². The van der Waals surface area contributed by atoms with Crippen molar-refractivity contribution in [3.05, 3.63) is 23.9 Å². The predicted octanol–water partition coefficient (Wildman–Crippen LogP) is 2.72. The van der Waals surface area contributed by atoms with E-state index >= 15 is 0 Å². The number of rotatable bonds is 4. The number of halogens is 5. The molecule has 0 aliphatic carbocycles. The molecule has 4 nitrogen and oxygen atoms in total. The van der Waals surface area contributed by atoms with Gasteiger partial charge in [-0.2, -0.15) is 13.2 Å². The monoisotopic (exact) mass is 355 g/mol. The highest BCUT2D eigenvalue weighted by Gasteiger charge is 2.33. The fourth-order valence-corrected chi connectivity index (χ4v) is 2.84. The van der Waals surface area contributed by atoms with Gasteiger partial charge in [0.25, 0.3) is 12.3 Å². The second-order valence-electron chi connectivity index (χ2n) is 4.89. The molecule has 23 heavy (non-hydrogen) atoms. The molecule has 0 bridgehead atoms. The third-order valence-corrected chi connectivity index (χ3v) is 4.02. The highest BCUT2D eigenvalue weighted by molar-refractivity contribution is 8.00. The molecular weight excluding hydrogens is 341 g/mol. The standard InChI is InChI=1S/C13H14F5N3OS/c14-10(15)8-20-4-6-21(7-5-20)12(22)9-2-1-3-19-11(9)23-13(16,17)18/h1-3,10H,4-8H2. The number of hydrogen-bond acceptors (Lipinski definition) is 4. The fourth-order valence-electron chi connectivity index (χ4n) is 2.24. The van der Waals surface area contributed by atoms with E-state index in [-0.39, 0.29) is 38.3 Å². The molecule has 1 saturated heterocycles. The Hall–Kier alpha value is -1.42. The first-order valence-electron chi connectivity index (χ1n) is 6.77. The third kappa shape index (κ3) is 5.31. The third-order valence-electron chi connectivity index (χ3n) is 3.27. The molecule has 2 heterocycles. The van der Waals surface area contributed by atoms with Crippen molar-refractivity contribution in [3.63, 3.8) is 0 Å². The lowest BCUT2D eigenvalue weighted by Crippen LogP contribution is -2.49. The maximum Gasteiger partial charge on any atom is 0.447 e. The summed E-state index contributed by atoms with van der Waals surface area (Å²) >= 11 is -0.440. The highest BCUT2D eigenvalue weighted by atomic mass is 32.2. The topological polar surface area (TPSA) is 36.4 Å². The Morgan fingerprint density at radius 2 is 1.91 bits per heavy atom. The van der Waals surface area contributed by atoms with E-state index in [1.807, 2.05) is 0 Å². The smallest absolute Gasteiger partial charge is 0.336 e. The number of alkyl halides is 5. The molecule has 0 aromatic carbocycles. The molecule has 0 radical (unpaired) electrons. The van der Waals surface area contributed by atoms with E-state index < -0.39 is 34.6 Å². The van der Waals surface area contributed by atoms with Crippen LogP contribution in [-0.4, -0.2) is 65.3 Å².